The molecule has 0 radical (unpaired) electrons. The van der Waals surface area contributed by atoms with Crippen LogP contribution in [0.5, 0.6) is 0 Å². The molecule has 2 aromatic carbocycles. The fourth-order valence-electron chi connectivity index (χ4n) is 2.47. The van der Waals surface area contributed by atoms with Gasteiger partial charge in [0.2, 0.25) is 15.9 Å². The van der Waals surface area contributed by atoms with E-state index in [0.717, 1.165) is 24.3 Å². The number of hydrogen-bond acceptors (Lipinski definition) is 6. The highest BCUT2D eigenvalue weighted by molar-refractivity contribution is 7.89. The molecule has 10 nitrogen and oxygen atoms in total. The summed E-state index contributed by atoms with van der Waals surface area (Å²) >= 11 is 0. The number of nitro groups is 1. The van der Waals surface area contributed by atoms with Crippen molar-refractivity contribution < 1.29 is 22.9 Å². The quantitative estimate of drug-likeness (QED) is 0.406. The standard InChI is InChI=1S/C19H22N4O6S/c1-13(2)21-19(25)16-5-3-4-6-17(16)22-18(24)11-12-20-30(28,29)15-9-7-14(8-10-15)23(26)27/h3-10,13,20H,11-12H2,1-2H3,(H,21,25)(H,22,24). The first-order chi connectivity index (χ1) is 14.1. The van der Waals surface area contributed by atoms with Gasteiger partial charge in [-0.3, -0.25) is 19.7 Å². The second-order valence-corrected chi connectivity index (χ2v) is 8.39. The number of nitrogens with one attached hydrogen (secondary N) is 3. The summed E-state index contributed by atoms with van der Waals surface area (Å²) < 4.78 is 26.7. The van der Waals surface area contributed by atoms with E-state index in [2.05, 4.69) is 15.4 Å². The number of benzene rings is 2. The van der Waals surface area contributed by atoms with Crippen LogP contribution in [-0.4, -0.2) is 37.7 Å². The minimum absolute atomic E-state index is 0.0740. The van der Waals surface area contributed by atoms with E-state index in [1.807, 2.05) is 13.8 Å². The summed E-state index contributed by atoms with van der Waals surface area (Å²) in [6, 6.07) is 10.8. The SMILES string of the molecule is CC(C)NC(=O)c1ccccc1NC(=O)CCNS(=O)(=O)c1ccc([N+](=O)[O-])cc1. The Balaban J connectivity index is 1.95. The molecule has 2 aromatic rings. The van der Waals surface area contributed by atoms with E-state index in [1.54, 1.807) is 24.3 Å². The van der Waals surface area contributed by atoms with Crippen molar-refractivity contribution in [3.8, 4) is 0 Å². The van der Waals surface area contributed by atoms with Crippen molar-refractivity contribution in [1.82, 2.24) is 10.0 Å². The molecule has 2 rings (SSSR count). The van der Waals surface area contributed by atoms with Crippen LogP contribution in [0.25, 0.3) is 0 Å². The Morgan fingerprint density at radius 2 is 1.70 bits per heavy atom. The number of rotatable bonds is 9. The summed E-state index contributed by atoms with van der Waals surface area (Å²) in [4.78, 5) is 34.3. The summed E-state index contributed by atoms with van der Waals surface area (Å²) in [5.41, 5.74) is 0.387. The largest absolute Gasteiger partial charge is 0.350 e. The molecule has 0 saturated carbocycles. The molecule has 0 fully saturated rings. The third kappa shape index (κ3) is 6.36. The maximum absolute atomic E-state index is 12.2. The van der Waals surface area contributed by atoms with E-state index >= 15 is 0 Å². The van der Waals surface area contributed by atoms with E-state index < -0.39 is 20.9 Å². The van der Waals surface area contributed by atoms with Crippen LogP contribution >= 0.6 is 0 Å². The molecular formula is C19H22N4O6S. The molecule has 30 heavy (non-hydrogen) atoms. The number of anilines is 1. The van der Waals surface area contributed by atoms with Gasteiger partial charge in [0.1, 0.15) is 0 Å². The summed E-state index contributed by atoms with van der Waals surface area (Å²) in [7, 11) is -3.92. The first kappa shape index (κ1) is 23.0. The molecule has 2 amide bonds. The summed E-state index contributed by atoms with van der Waals surface area (Å²) in [6.07, 6.45) is -0.174. The molecule has 3 N–H and O–H groups in total. The highest BCUT2D eigenvalue weighted by Gasteiger charge is 2.17. The van der Waals surface area contributed by atoms with Crippen LogP contribution in [0.4, 0.5) is 11.4 Å². The molecule has 0 aromatic heterocycles. The number of amides is 2. The van der Waals surface area contributed by atoms with Crippen LogP contribution in [0.15, 0.2) is 53.4 Å². The van der Waals surface area contributed by atoms with Crippen molar-refractivity contribution in [2.75, 3.05) is 11.9 Å². The number of carbonyl (C=O) groups excluding carboxylic acids is 2. The van der Waals surface area contributed by atoms with E-state index in [-0.39, 0.29) is 35.5 Å². The Labute approximate surface area is 173 Å². The minimum Gasteiger partial charge on any atom is -0.350 e. The van der Waals surface area contributed by atoms with Crippen LogP contribution in [0, 0.1) is 10.1 Å². The normalized spacial score (nSPS) is 11.2. The molecule has 11 heteroatoms. The fourth-order valence-corrected chi connectivity index (χ4v) is 3.50. The number of nitrogens with zero attached hydrogens (tertiary/aromatic N) is 1. The van der Waals surface area contributed by atoms with E-state index in [1.165, 1.54) is 0 Å². The van der Waals surface area contributed by atoms with E-state index in [4.69, 9.17) is 0 Å². The van der Waals surface area contributed by atoms with Gasteiger partial charge in [-0.15, -0.1) is 0 Å². The number of para-hydroxylation sites is 1. The topological polar surface area (TPSA) is 148 Å². The molecule has 0 aliphatic rings. The number of sulfonamides is 1. The number of carbonyl (C=O) groups is 2. The van der Waals surface area contributed by atoms with Crippen molar-refractivity contribution >= 4 is 33.2 Å². The summed E-state index contributed by atoms with van der Waals surface area (Å²) in [5, 5.41) is 16.0. The summed E-state index contributed by atoms with van der Waals surface area (Å²) in [6.45, 7) is 3.44. The van der Waals surface area contributed by atoms with Crippen molar-refractivity contribution in [3.63, 3.8) is 0 Å². The van der Waals surface area contributed by atoms with Gasteiger partial charge >= 0.3 is 0 Å². The van der Waals surface area contributed by atoms with Crippen molar-refractivity contribution in [1.29, 1.82) is 0 Å². The molecule has 0 bridgehead atoms. The molecular weight excluding hydrogens is 412 g/mol. The maximum Gasteiger partial charge on any atom is 0.269 e. The zero-order chi connectivity index (χ0) is 22.3. The summed E-state index contributed by atoms with van der Waals surface area (Å²) in [5.74, 6) is -0.814. The lowest BCUT2D eigenvalue weighted by Crippen LogP contribution is -2.31. The third-order valence-electron chi connectivity index (χ3n) is 3.87. The van der Waals surface area contributed by atoms with Crippen molar-refractivity contribution in [2.45, 2.75) is 31.2 Å². The Morgan fingerprint density at radius 3 is 2.30 bits per heavy atom. The number of hydrogen-bond donors (Lipinski definition) is 3. The molecule has 0 aliphatic heterocycles. The fraction of sp³-hybridized carbons (Fsp3) is 0.263. The maximum atomic E-state index is 12.2. The van der Waals surface area contributed by atoms with Crippen LogP contribution in [-0.2, 0) is 14.8 Å². The first-order valence-electron chi connectivity index (χ1n) is 9.04. The number of nitro benzene ring substituents is 1. The zero-order valence-electron chi connectivity index (χ0n) is 16.4. The van der Waals surface area contributed by atoms with E-state index in [0.29, 0.717) is 11.3 Å². The average Bonchev–Trinajstić information content (AvgIpc) is 2.67. The molecule has 0 unspecified atom stereocenters. The predicted molar refractivity (Wildman–Crippen MR) is 111 cm³/mol. The van der Waals surface area contributed by atoms with Gasteiger partial charge in [0.15, 0.2) is 0 Å². The molecule has 0 saturated heterocycles. The van der Waals surface area contributed by atoms with Crippen molar-refractivity contribution in [3.05, 3.63) is 64.2 Å². The highest BCUT2D eigenvalue weighted by Crippen LogP contribution is 2.17. The van der Waals surface area contributed by atoms with Crippen LogP contribution in [0.3, 0.4) is 0 Å². The predicted octanol–water partition coefficient (Wildman–Crippen LogP) is 2.04. The number of non-ortho nitro benzene ring substituents is 1. The van der Waals surface area contributed by atoms with E-state index in [9.17, 15) is 28.1 Å². The molecule has 0 aliphatic carbocycles. The Bertz CT molecular complexity index is 1040. The zero-order valence-corrected chi connectivity index (χ0v) is 17.2. The van der Waals surface area contributed by atoms with Gasteiger partial charge in [0.25, 0.3) is 11.6 Å². The molecule has 0 spiro atoms. The van der Waals surface area contributed by atoms with Crippen LogP contribution in [0.2, 0.25) is 0 Å². The van der Waals surface area contributed by atoms with Gasteiger partial charge in [-0.25, -0.2) is 13.1 Å². The molecule has 0 heterocycles. The Morgan fingerprint density at radius 1 is 1.07 bits per heavy atom. The van der Waals surface area contributed by atoms with Gasteiger partial charge in [0.05, 0.1) is 21.1 Å². The van der Waals surface area contributed by atoms with Gasteiger partial charge in [0, 0.05) is 31.1 Å². The first-order valence-corrected chi connectivity index (χ1v) is 10.5. The smallest absolute Gasteiger partial charge is 0.269 e. The molecule has 160 valence electrons. The van der Waals surface area contributed by atoms with Crippen LogP contribution in [0.1, 0.15) is 30.6 Å². The Kier molecular flexibility index (Phi) is 7.61. The second-order valence-electron chi connectivity index (χ2n) is 6.62. The van der Waals surface area contributed by atoms with Crippen molar-refractivity contribution in [2.24, 2.45) is 0 Å². The van der Waals surface area contributed by atoms with Gasteiger partial charge in [-0.05, 0) is 38.1 Å². The lowest BCUT2D eigenvalue weighted by atomic mass is 10.1. The minimum atomic E-state index is -3.92. The second kappa shape index (κ2) is 9.94. The lowest BCUT2D eigenvalue weighted by Gasteiger charge is -2.13. The average molecular weight is 434 g/mol. The Hall–Kier alpha value is -3.31. The van der Waals surface area contributed by atoms with Gasteiger partial charge in [-0.2, -0.15) is 0 Å². The van der Waals surface area contributed by atoms with Gasteiger partial charge < -0.3 is 10.6 Å². The third-order valence-corrected chi connectivity index (χ3v) is 5.34. The lowest BCUT2D eigenvalue weighted by molar-refractivity contribution is -0.384. The molecule has 0 atom stereocenters. The highest BCUT2D eigenvalue weighted by atomic mass is 32.2. The monoisotopic (exact) mass is 434 g/mol. The van der Waals surface area contributed by atoms with Gasteiger partial charge in [-0.1, -0.05) is 12.1 Å². The van der Waals surface area contributed by atoms with Crippen LogP contribution < -0.4 is 15.4 Å².